The maximum absolute atomic E-state index is 10.9. The maximum atomic E-state index is 10.9. The molecule has 1 rings (SSSR count). The summed E-state index contributed by atoms with van der Waals surface area (Å²) in [4.78, 5) is 10.9. The molecule has 1 aromatic heterocycles. The Balaban J connectivity index is 0.000000576. The van der Waals surface area contributed by atoms with Crippen molar-refractivity contribution in [1.29, 1.82) is 0 Å². The van der Waals surface area contributed by atoms with Crippen molar-refractivity contribution in [1.82, 2.24) is 15.0 Å². The number of carbonyl (C=O) groups is 1. The summed E-state index contributed by atoms with van der Waals surface area (Å²) in [5.41, 5.74) is 1.07. The second-order valence-electron chi connectivity index (χ2n) is 8.87. The average molecular weight is 398 g/mol. The number of carbonyl (C=O) groups excluding carboxylic acids is 1. The molecule has 0 amide bonds. The zero-order valence-corrected chi connectivity index (χ0v) is 19.4. The van der Waals surface area contributed by atoms with Gasteiger partial charge in [0.1, 0.15) is 0 Å². The van der Waals surface area contributed by atoms with Crippen molar-refractivity contribution < 1.29 is 14.3 Å². The van der Waals surface area contributed by atoms with E-state index < -0.39 is 0 Å². The van der Waals surface area contributed by atoms with Crippen molar-refractivity contribution in [2.75, 3.05) is 19.8 Å². The lowest BCUT2D eigenvalue weighted by atomic mass is 10.1. The van der Waals surface area contributed by atoms with E-state index in [1.807, 2.05) is 24.7 Å². The zero-order valence-electron chi connectivity index (χ0n) is 19.4. The molecular weight excluding hydrogens is 354 g/mol. The first-order valence-electron chi connectivity index (χ1n) is 10.7. The smallest absolute Gasteiger partial charge is 0.308 e. The van der Waals surface area contributed by atoms with Gasteiger partial charge in [-0.1, -0.05) is 60.6 Å². The molecule has 0 aliphatic carbocycles. The number of hydrogen-bond acceptors (Lipinski definition) is 5. The van der Waals surface area contributed by atoms with Crippen LogP contribution in [0.2, 0.25) is 0 Å². The van der Waals surface area contributed by atoms with Crippen LogP contribution in [0.15, 0.2) is 6.20 Å². The minimum Gasteiger partial charge on any atom is -0.465 e. The summed E-state index contributed by atoms with van der Waals surface area (Å²) in [5, 5.41) is 8.23. The summed E-state index contributed by atoms with van der Waals surface area (Å²) in [6.45, 7) is 19.6. The molecule has 0 N–H and O–H groups in total. The second kappa shape index (κ2) is 15.5. The van der Waals surface area contributed by atoms with E-state index in [9.17, 15) is 4.79 Å². The van der Waals surface area contributed by atoms with E-state index in [1.165, 1.54) is 0 Å². The van der Waals surface area contributed by atoms with Gasteiger partial charge in [-0.2, -0.15) is 0 Å². The summed E-state index contributed by atoms with van der Waals surface area (Å²) >= 11 is 0. The van der Waals surface area contributed by atoms with Crippen LogP contribution in [0.5, 0.6) is 0 Å². The summed E-state index contributed by atoms with van der Waals surface area (Å²) < 4.78 is 12.4. The van der Waals surface area contributed by atoms with Gasteiger partial charge in [0.15, 0.2) is 0 Å². The van der Waals surface area contributed by atoms with Crippen LogP contribution in [0.1, 0.15) is 73.9 Å². The van der Waals surface area contributed by atoms with Crippen LogP contribution in [0.25, 0.3) is 0 Å². The fourth-order valence-corrected chi connectivity index (χ4v) is 2.10. The molecular formula is C22H43N3O3. The summed E-state index contributed by atoms with van der Waals surface area (Å²) in [7, 11) is 0. The van der Waals surface area contributed by atoms with Crippen molar-refractivity contribution in [3.63, 3.8) is 0 Å². The Morgan fingerprint density at radius 3 is 2.07 bits per heavy atom. The Morgan fingerprint density at radius 2 is 1.54 bits per heavy atom. The number of nitrogens with zero attached hydrogens (tertiary/aromatic N) is 3. The van der Waals surface area contributed by atoms with E-state index in [0.29, 0.717) is 24.4 Å². The molecule has 0 unspecified atom stereocenters. The second-order valence-corrected chi connectivity index (χ2v) is 8.87. The quantitative estimate of drug-likeness (QED) is 0.375. The lowest BCUT2D eigenvalue weighted by Gasteiger charge is -2.07. The van der Waals surface area contributed by atoms with Gasteiger partial charge in [-0.15, -0.1) is 5.10 Å². The van der Waals surface area contributed by atoms with E-state index in [4.69, 9.17) is 9.47 Å². The van der Waals surface area contributed by atoms with Crippen LogP contribution in [-0.4, -0.2) is 40.8 Å². The van der Waals surface area contributed by atoms with Gasteiger partial charge in [0.2, 0.25) is 0 Å². The first-order valence-corrected chi connectivity index (χ1v) is 10.7. The summed E-state index contributed by atoms with van der Waals surface area (Å²) in [5.74, 6) is 1.85. The standard InChI is InChI=1S/C13H25N3O.C9H18O2/c1-11(2)5-7-17-8-6-16-10-13(14-15-16)9-12(3)4;1-7(2)5-6-11-9(10)8(3)4/h10-12H,5-9H2,1-4H3;7-8H,5-6H2,1-4H3. The fraction of sp³-hybridized carbons (Fsp3) is 0.864. The Morgan fingerprint density at radius 1 is 0.929 bits per heavy atom. The topological polar surface area (TPSA) is 66.2 Å². The molecule has 0 atom stereocenters. The van der Waals surface area contributed by atoms with Gasteiger partial charge >= 0.3 is 5.97 Å². The molecule has 6 nitrogen and oxygen atoms in total. The Kier molecular flexibility index (Phi) is 14.7. The molecule has 0 saturated carbocycles. The number of hydrogen-bond donors (Lipinski definition) is 0. The largest absolute Gasteiger partial charge is 0.465 e. The van der Waals surface area contributed by atoms with Gasteiger partial charge in [-0.25, -0.2) is 4.68 Å². The molecule has 1 heterocycles. The number of ether oxygens (including phenoxy) is 2. The third kappa shape index (κ3) is 15.6. The predicted octanol–water partition coefficient (Wildman–Crippen LogP) is 4.77. The molecule has 0 aliphatic heterocycles. The molecule has 164 valence electrons. The van der Waals surface area contributed by atoms with E-state index in [0.717, 1.165) is 44.7 Å². The third-order valence-electron chi connectivity index (χ3n) is 3.92. The molecule has 1 aromatic rings. The zero-order chi connectivity index (χ0) is 21.5. The lowest BCUT2D eigenvalue weighted by Crippen LogP contribution is -2.13. The third-order valence-corrected chi connectivity index (χ3v) is 3.92. The molecule has 0 fully saturated rings. The minimum atomic E-state index is -0.0920. The van der Waals surface area contributed by atoms with E-state index >= 15 is 0 Å². The summed E-state index contributed by atoms with van der Waals surface area (Å²) in [6.07, 6.45) is 5.09. The number of rotatable bonds is 12. The van der Waals surface area contributed by atoms with Crippen LogP contribution in [0, 0.1) is 23.7 Å². The van der Waals surface area contributed by atoms with Gasteiger partial charge in [0.25, 0.3) is 0 Å². The highest BCUT2D eigenvalue weighted by Gasteiger charge is 2.07. The molecule has 0 aromatic carbocycles. The Hall–Kier alpha value is -1.43. The first kappa shape index (κ1) is 26.6. The molecule has 0 bridgehead atoms. The van der Waals surface area contributed by atoms with E-state index in [2.05, 4.69) is 51.9 Å². The highest BCUT2D eigenvalue weighted by Crippen LogP contribution is 2.04. The highest BCUT2D eigenvalue weighted by atomic mass is 16.5. The van der Waals surface area contributed by atoms with Crippen LogP contribution in [0.4, 0.5) is 0 Å². The monoisotopic (exact) mass is 397 g/mol. The highest BCUT2D eigenvalue weighted by molar-refractivity contribution is 5.71. The van der Waals surface area contributed by atoms with Gasteiger partial charge < -0.3 is 9.47 Å². The molecule has 28 heavy (non-hydrogen) atoms. The number of aromatic nitrogens is 3. The van der Waals surface area contributed by atoms with Crippen molar-refractivity contribution in [3.05, 3.63) is 11.9 Å². The predicted molar refractivity (Wildman–Crippen MR) is 114 cm³/mol. The molecule has 6 heteroatoms. The lowest BCUT2D eigenvalue weighted by molar-refractivity contribution is -0.147. The van der Waals surface area contributed by atoms with Crippen molar-refractivity contribution in [2.24, 2.45) is 23.7 Å². The van der Waals surface area contributed by atoms with Crippen molar-refractivity contribution in [3.8, 4) is 0 Å². The van der Waals surface area contributed by atoms with Crippen LogP contribution in [-0.2, 0) is 27.2 Å². The average Bonchev–Trinajstić information content (AvgIpc) is 3.00. The van der Waals surface area contributed by atoms with Crippen molar-refractivity contribution in [2.45, 2.75) is 81.2 Å². The SMILES string of the molecule is CC(C)CCOC(=O)C(C)C.CC(C)CCOCCn1cc(CC(C)C)nn1. The molecule has 0 saturated heterocycles. The van der Waals surface area contributed by atoms with Crippen LogP contribution in [0.3, 0.4) is 0 Å². The Labute approximate surface area is 172 Å². The van der Waals surface area contributed by atoms with Crippen LogP contribution < -0.4 is 0 Å². The van der Waals surface area contributed by atoms with Gasteiger partial charge in [-0.3, -0.25) is 4.79 Å². The molecule has 0 spiro atoms. The Bertz CT molecular complexity index is 511. The van der Waals surface area contributed by atoms with E-state index in [-0.39, 0.29) is 11.9 Å². The maximum Gasteiger partial charge on any atom is 0.308 e. The molecule has 0 aliphatic rings. The first-order chi connectivity index (χ1) is 13.1. The van der Waals surface area contributed by atoms with Crippen molar-refractivity contribution >= 4 is 5.97 Å². The fourth-order valence-electron chi connectivity index (χ4n) is 2.10. The van der Waals surface area contributed by atoms with Crippen LogP contribution >= 0.6 is 0 Å². The normalized spacial score (nSPS) is 11.3. The molecule has 0 radical (unpaired) electrons. The minimum absolute atomic E-state index is 0.00200. The van der Waals surface area contributed by atoms with Gasteiger partial charge in [-0.05, 0) is 37.0 Å². The van der Waals surface area contributed by atoms with Gasteiger partial charge in [0.05, 0.1) is 31.4 Å². The van der Waals surface area contributed by atoms with E-state index in [1.54, 1.807) is 0 Å². The number of esters is 1. The summed E-state index contributed by atoms with van der Waals surface area (Å²) in [6, 6.07) is 0. The van der Waals surface area contributed by atoms with Gasteiger partial charge in [0, 0.05) is 12.8 Å².